The molecular formula is C13H16N6O. The number of fused-ring (bicyclic) bond motifs is 1. The zero-order valence-corrected chi connectivity index (χ0v) is 11.0. The number of amides is 1. The van der Waals surface area contributed by atoms with Gasteiger partial charge >= 0.3 is 0 Å². The Bertz CT molecular complexity index is 582. The molecule has 0 aromatic carbocycles. The van der Waals surface area contributed by atoms with E-state index in [-0.39, 0.29) is 18.5 Å². The second-order valence-electron chi connectivity index (χ2n) is 4.76. The molecule has 1 aliphatic rings. The first-order valence-electron chi connectivity index (χ1n) is 6.61. The first-order chi connectivity index (χ1) is 9.81. The van der Waals surface area contributed by atoms with Crippen molar-refractivity contribution in [2.45, 2.75) is 25.4 Å². The Morgan fingerprint density at radius 3 is 3.10 bits per heavy atom. The number of carbonyl (C=O) groups is 1. The molecule has 0 fully saturated rings. The number of aromatic nitrogens is 4. The number of hydrogen-bond donors (Lipinski definition) is 2. The molecule has 0 saturated carbocycles. The van der Waals surface area contributed by atoms with Gasteiger partial charge in [-0.2, -0.15) is 5.10 Å². The summed E-state index contributed by atoms with van der Waals surface area (Å²) >= 11 is 0. The van der Waals surface area contributed by atoms with E-state index in [2.05, 4.69) is 25.7 Å². The predicted molar refractivity (Wildman–Crippen MR) is 73.0 cm³/mol. The van der Waals surface area contributed by atoms with Crippen LogP contribution < -0.4 is 10.6 Å². The highest BCUT2D eigenvalue weighted by Crippen LogP contribution is 2.11. The Morgan fingerprint density at radius 2 is 2.25 bits per heavy atom. The molecule has 3 heterocycles. The van der Waals surface area contributed by atoms with Gasteiger partial charge in [0.15, 0.2) is 0 Å². The quantitative estimate of drug-likeness (QED) is 0.831. The van der Waals surface area contributed by atoms with Crippen LogP contribution in [0.3, 0.4) is 0 Å². The number of nitrogens with zero attached hydrogens (tertiary/aromatic N) is 4. The average Bonchev–Trinajstić information content (AvgIpc) is 2.93. The van der Waals surface area contributed by atoms with Crippen molar-refractivity contribution in [3.63, 3.8) is 0 Å². The van der Waals surface area contributed by atoms with Crippen molar-refractivity contribution in [2.24, 2.45) is 0 Å². The van der Waals surface area contributed by atoms with Crippen LogP contribution in [0.4, 0.5) is 5.69 Å². The lowest BCUT2D eigenvalue weighted by Gasteiger charge is -2.23. The standard InChI is InChI=1S/C13H16N6O/c20-13(18-10-3-5-14-6-4-10)7-15-11-1-2-12-16-9-17-19(12)8-11/h3-6,9,11,15H,1-2,7-8H2,(H,14,18,20)/t11-/m1/s1. The average molecular weight is 272 g/mol. The summed E-state index contributed by atoms with van der Waals surface area (Å²) in [5.74, 6) is 0.963. The van der Waals surface area contributed by atoms with Crippen molar-refractivity contribution >= 4 is 11.6 Å². The highest BCUT2D eigenvalue weighted by atomic mass is 16.1. The van der Waals surface area contributed by atoms with Gasteiger partial charge in [-0.25, -0.2) is 9.67 Å². The van der Waals surface area contributed by atoms with Crippen LogP contribution in [-0.4, -0.2) is 38.2 Å². The number of nitrogens with one attached hydrogen (secondary N) is 2. The molecule has 0 radical (unpaired) electrons. The molecule has 0 aliphatic carbocycles. The molecule has 0 spiro atoms. The molecule has 7 heteroatoms. The first kappa shape index (κ1) is 12.7. The van der Waals surface area contributed by atoms with Crippen LogP contribution >= 0.6 is 0 Å². The molecule has 2 aromatic rings. The molecule has 3 rings (SSSR count). The van der Waals surface area contributed by atoms with Crippen LogP contribution in [0.2, 0.25) is 0 Å². The minimum absolute atomic E-state index is 0.0550. The number of anilines is 1. The van der Waals surface area contributed by atoms with Gasteiger partial charge in [-0.05, 0) is 18.6 Å². The van der Waals surface area contributed by atoms with Crippen LogP contribution in [0.15, 0.2) is 30.9 Å². The summed E-state index contributed by atoms with van der Waals surface area (Å²) in [6.45, 7) is 1.05. The fourth-order valence-electron chi connectivity index (χ4n) is 2.28. The number of rotatable bonds is 4. The smallest absolute Gasteiger partial charge is 0.238 e. The second kappa shape index (κ2) is 5.79. The van der Waals surface area contributed by atoms with E-state index >= 15 is 0 Å². The van der Waals surface area contributed by atoms with E-state index in [1.807, 2.05) is 4.68 Å². The molecule has 1 atom stereocenters. The molecule has 20 heavy (non-hydrogen) atoms. The van der Waals surface area contributed by atoms with E-state index in [1.165, 1.54) is 0 Å². The normalized spacial score (nSPS) is 17.5. The molecule has 104 valence electrons. The van der Waals surface area contributed by atoms with Gasteiger partial charge in [-0.3, -0.25) is 9.78 Å². The fourth-order valence-corrected chi connectivity index (χ4v) is 2.28. The fraction of sp³-hybridized carbons (Fsp3) is 0.385. The Labute approximate surface area is 116 Å². The molecule has 0 saturated heterocycles. The molecule has 7 nitrogen and oxygen atoms in total. The van der Waals surface area contributed by atoms with E-state index in [9.17, 15) is 4.79 Å². The maximum atomic E-state index is 11.8. The van der Waals surface area contributed by atoms with Gasteiger partial charge in [-0.15, -0.1) is 0 Å². The van der Waals surface area contributed by atoms with Crippen molar-refractivity contribution in [1.29, 1.82) is 0 Å². The van der Waals surface area contributed by atoms with Crippen molar-refractivity contribution in [3.8, 4) is 0 Å². The molecule has 0 bridgehead atoms. The van der Waals surface area contributed by atoms with Crippen LogP contribution in [0.5, 0.6) is 0 Å². The predicted octanol–water partition coefficient (Wildman–Crippen LogP) is 0.216. The summed E-state index contributed by atoms with van der Waals surface area (Å²) in [7, 11) is 0. The van der Waals surface area contributed by atoms with Gasteiger partial charge < -0.3 is 10.6 Å². The SMILES string of the molecule is O=C(CN[C@@H]1CCc2ncnn2C1)Nc1ccncc1. The van der Waals surface area contributed by atoms with Crippen molar-refractivity contribution in [3.05, 3.63) is 36.7 Å². The molecule has 2 aromatic heterocycles. The Balaban J connectivity index is 1.47. The maximum absolute atomic E-state index is 11.8. The van der Waals surface area contributed by atoms with E-state index in [0.717, 1.165) is 30.9 Å². The Morgan fingerprint density at radius 1 is 1.40 bits per heavy atom. The summed E-state index contributed by atoms with van der Waals surface area (Å²) in [6.07, 6.45) is 6.74. The minimum atomic E-state index is -0.0550. The van der Waals surface area contributed by atoms with Gasteiger partial charge in [0.1, 0.15) is 12.2 Å². The van der Waals surface area contributed by atoms with Gasteiger partial charge in [0.2, 0.25) is 5.91 Å². The minimum Gasteiger partial charge on any atom is -0.325 e. The molecular weight excluding hydrogens is 256 g/mol. The van der Waals surface area contributed by atoms with Crippen LogP contribution in [0.25, 0.3) is 0 Å². The van der Waals surface area contributed by atoms with Gasteiger partial charge in [0.05, 0.1) is 13.1 Å². The first-order valence-corrected chi connectivity index (χ1v) is 6.61. The number of carbonyl (C=O) groups excluding carboxylic acids is 1. The van der Waals surface area contributed by atoms with E-state index < -0.39 is 0 Å². The van der Waals surface area contributed by atoms with Gasteiger partial charge in [-0.1, -0.05) is 0 Å². The monoisotopic (exact) mass is 272 g/mol. The lowest BCUT2D eigenvalue weighted by atomic mass is 10.1. The highest BCUT2D eigenvalue weighted by molar-refractivity contribution is 5.92. The third-order valence-corrected chi connectivity index (χ3v) is 3.32. The molecule has 2 N–H and O–H groups in total. The second-order valence-corrected chi connectivity index (χ2v) is 4.76. The van der Waals surface area contributed by atoms with Crippen molar-refractivity contribution in [1.82, 2.24) is 25.1 Å². The van der Waals surface area contributed by atoms with Crippen molar-refractivity contribution in [2.75, 3.05) is 11.9 Å². The lowest BCUT2D eigenvalue weighted by Crippen LogP contribution is -2.41. The molecule has 0 unspecified atom stereocenters. The van der Waals surface area contributed by atoms with Crippen LogP contribution in [-0.2, 0) is 17.8 Å². The summed E-state index contributed by atoms with van der Waals surface area (Å²) in [5.41, 5.74) is 0.758. The Kier molecular flexibility index (Phi) is 3.69. The number of pyridine rings is 1. The summed E-state index contributed by atoms with van der Waals surface area (Å²) in [4.78, 5) is 19.9. The zero-order chi connectivity index (χ0) is 13.8. The van der Waals surface area contributed by atoms with Crippen molar-refractivity contribution < 1.29 is 4.79 Å². The zero-order valence-electron chi connectivity index (χ0n) is 11.0. The van der Waals surface area contributed by atoms with E-state index in [4.69, 9.17) is 0 Å². The number of hydrogen-bond acceptors (Lipinski definition) is 5. The Hall–Kier alpha value is -2.28. The van der Waals surface area contributed by atoms with Gasteiger partial charge in [0, 0.05) is 30.5 Å². The third-order valence-electron chi connectivity index (χ3n) is 3.32. The third kappa shape index (κ3) is 3.00. The summed E-state index contributed by atoms with van der Waals surface area (Å²) in [6, 6.07) is 3.79. The maximum Gasteiger partial charge on any atom is 0.238 e. The lowest BCUT2D eigenvalue weighted by molar-refractivity contribution is -0.115. The van der Waals surface area contributed by atoms with Gasteiger partial charge in [0.25, 0.3) is 0 Å². The largest absolute Gasteiger partial charge is 0.325 e. The number of aryl methyl sites for hydroxylation is 1. The molecule has 1 amide bonds. The highest BCUT2D eigenvalue weighted by Gasteiger charge is 2.19. The molecule has 1 aliphatic heterocycles. The summed E-state index contributed by atoms with van der Waals surface area (Å²) in [5, 5.41) is 10.2. The van der Waals surface area contributed by atoms with E-state index in [1.54, 1.807) is 30.9 Å². The summed E-state index contributed by atoms with van der Waals surface area (Å²) < 4.78 is 1.89. The van der Waals surface area contributed by atoms with Crippen LogP contribution in [0, 0.1) is 0 Å². The van der Waals surface area contributed by atoms with Crippen LogP contribution in [0.1, 0.15) is 12.2 Å². The topological polar surface area (TPSA) is 84.7 Å². The van der Waals surface area contributed by atoms with E-state index in [0.29, 0.717) is 0 Å².